The van der Waals surface area contributed by atoms with E-state index in [1.807, 2.05) is 24.3 Å². The molecule has 0 aromatic heterocycles. The number of carbonyl (C=O) groups excluding carboxylic acids is 1. The Morgan fingerprint density at radius 1 is 1.36 bits per heavy atom. The van der Waals surface area contributed by atoms with Crippen LogP contribution in [0.5, 0.6) is 5.75 Å². The molecule has 1 heterocycles. The number of nitrogens with one attached hydrogen (secondary N) is 1. The van der Waals surface area contributed by atoms with Gasteiger partial charge in [-0.15, -0.1) is 0 Å². The van der Waals surface area contributed by atoms with Crippen LogP contribution in [0.15, 0.2) is 29.3 Å². The first-order valence-electron chi connectivity index (χ1n) is 7.62. The van der Waals surface area contributed by atoms with E-state index >= 15 is 0 Å². The van der Waals surface area contributed by atoms with Crippen molar-refractivity contribution < 1.29 is 19.5 Å². The van der Waals surface area contributed by atoms with Crippen LogP contribution in [0.3, 0.4) is 0 Å². The molecule has 1 aliphatic heterocycles. The third-order valence-corrected chi connectivity index (χ3v) is 3.43. The lowest BCUT2D eigenvalue weighted by Gasteiger charge is -2.07. The Morgan fingerprint density at radius 2 is 2.14 bits per heavy atom. The Labute approximate surface area is 130 Å². The van der Waals surface area contributed by atoms with E-state index < -0.39 is 11.9 Å². The van der Waals surface area contributed by atoms with Gasteiger partial charge in [-0.05, 0) is 30.7 Å². The van der Waals surface area contributed by atoms with Crippen molar-refractivity contribution in [2.24, 2.45) is 4.99 Å². The number of hydrogen-bond acceptors (Lipinski definition) is 5. The third-order valence-electron chi connectivity index (χ3n) is 3.43. The zero-order chi connectivity index (χ0) is 15.8. The molecule has 6 nitrogen and oxygen atoms in total. The van der Waals surface area contributed by atoms with Crippen LogP contribution in [0.1, 0.15) is 38.2 Å². The number of rotatable bonds is 8. The molecule has 0 fully saturated rings. The fourth-order valence-corrected chi connectivity index (χ4v) is 2.15. The highest BCUT2D eigenvalue weighted by Gasteiger charge is 2.26. The monoisotopic (exact) mass is 306 g/mol. The molecule has 1 amide bonds. The van der Waals surface area contributed by atoms with Crippen molar-refractivity contribution in [3.05, 3.63) is 29.8 Å². The van der Waals surface area contributed by atoms with Crippen molar-refractivity contribution >= 4 is 11.8 Å². The Morgan fingerprint density at radius 3 is 2.82 bits per heavy atom. The van der Waals surface area contributed by atoms with E-state index in [1.165, 1.54) is 19.3 Å². The zero-order valence-electron chi connectivity index (χ0n) is 12.7. The summed E-state index contributed by atoms with van der Waals surface area (Å²) in [4.78, 5) is 15.4. The third kappa shape index (κ3) is 4.46. The van der Waals surface area contributed by atoms with Crippen molar-refractivity contribution in [3.8, 4) is 5.75 Å². The second kappa shape index (κ2) is 8.38. The lowest BCUT2D eigenvalue weighted by atomic mass is 10.2. The maximum Gasteiger partial charge on any atom is 0.271 e. The van der Waals surface area contributed by atoms with Gasteiger partial charge in [0.2, 0.25) is 5.90 Å². The number of hydrogen-bond donors (Lipinski definition) is 2. The number of benzene rings is 1. The first kappa shape index (κ1) is 16.3. The molecule has 1 aliphatic rings. The van der Waals surface area contributed by atoms with Gasteiger partial charge in [-0.1, -0.05) is 26.2 Å². The quantitative estimate of drug-likeness (QED) is 0.439. The van der Waals surface area contributed by atoms with Gasteiger partial charge in [0.15, 0.2) is 6.04 Å². The van der Waals surface area contributed by atoms with Crippen LogP contribution in [0.2, 0.25) is 0 Å². The molecular formula is C16H22N2O4. The Bertz CT molecular complexity index is 513. The Balaban J connectivity index is 1.85. The summed E-state index contributed by atoms with van der Waals surface area (Å²) in [6, 6.07) is 6.72. The minimum Gasteiger partial charge on any atom is -0.494 e. The van der Waals surface area contributed by atoms with Crippen LogP contribution < -0.4 is 10.2 Å². The fraction of sp³-hybridized carbons (Fsp3) is 0.500. The summed E-state index contributed by atoms with van der Waals surface area (Å²) in [5.41, 5.74) is 2.36. The van der Waals surface area contributed by atoms with Gasteiger partial charge in [-0.2, -0.15) is 0 Å². The Hall–Kier alpha value is -2.08. The summed E-state index contributed by atoms with van der Waals surface area (Å²) in [6.45, 7) is 3.04. The lowest BCUT2D eigenvalue weighted by Crippen LogP contribution is -2.31. The van der Waals surface area contributed by atoms with Crippen molar-refractivity contribution in [2.45, 2.75) is 38.6 Å². The number of hydroxylamine groups is 1. The largest absolute Gasteiger partial charge is 0.494 e. The molecule has 0 spiro atoms. The highest BCUT2D eigenvalue weighted by molar-refractivity contribution is 5.98. The Kier molecular flexibility index (Phi) is 6.21. The summed E-state index contributed by atoms with van der Waals surface area (Å²) in [5.74, 6) is 0.647. The van der Waals surface area contributed by atoms with Crippen LogP contribution in [0, 0.1) is 0 Å². The van der Waals surface area contributed by atoms with E-state index in [-0.39, 0.29) is 6.61 Å². The maximum atomic E-state index is 11.3. The van der Waals surface area contributed by atoms with E-state index in [2.05, 4.69) is 11.9 Å². The summed E-state index contributed by atoms with van der Waals surface area (Å²) >= 11 is 0. The highest BCUT2D eigenvalue weighted by atomic mass is 16.5. The lowest BCUT2D eigenvalue weighted by molar-refractivity contribution is -0.130. The van der Waals surface area contributed by atoms with Gasteiger partial charge in [-0.3, -0.25) is 10.0 Å². The molecular weight excluding hydrogens is 284 g/mol. The summed E-state index contributed by atoms with van der Waals surface area (Å²) in [7, 11) is 0. The number of amides is 1. The van der Waals surface area contributed by atoms with Crippen molar-refractivity contribution in [1.29, 1.82) is 0 Å². The van der Waals surface area contributed by atoms with Crippen LogP contribution in [0.4, 0.5) is 0 Å². The standard InChI is InChI=1S/C16H22N2O4/c1-2-3-4-5-10-21-13-8-6-12(7-9-13)16-17-14(11-22-16)15(19)18-20/h6-9,14,20H,2-5,10-11H2,1H3,(H,18,19)/t14-/m1/s1. The smallest absolute Gasteiger partial charge is 0.271 e. The predicted molar refractivity (Wildman–Crippen MR) is 82.3 cm³/mol. The van der Waals surface area contributed by atoms with Gasteiger partial charge in [0.1, 0.15) is 12.4 Å². The normalized spacial score (nSPS) is 16.8. The minimum atomic E-state index is -0.700. The number of ether oxygens (including phenoxy) is 2. The van der Waals surface area contributed by atoms with E-state index in [9.17, 15) is 4.79 Å². The van der Waals surface area contributed by atoms with Crippen molar-refractivity contribution in [3.63, 3.8) is 0 Å². The van der Waals surface area contributed by atoms with Crippen LogP contribution in [0.25, 0.3) is 0 Å². The molecule has 1 aromatic carbocycles. The van der Waals surface area contributed by atoms with Crippen molar-refractivity contribution in [1.82, 2.24) is 5.48 Å². The number of carbonyl (C=O) groups is 1. The molecule has 1 aromatic rings. The van der Waals surface area contributed by atoms with Gasteiger partial charge in [-0.25, -0.2) is 10.5 Å². The maximum absolute atomic E-state index is 11.3. The second-order valence-electron chi connectivity index (χ2n) is 5.17. The summed E-state index contributed by atoms with van der Waals surface area (Å²) in [5, 5.41) is 8.58. The summed E-state index contributed by atoms with van der Waals surface area (Å²) < 4.78 is 11.0. The highest BCUT2D eigenvalue weighted by Crippen LogP contribution is 2.17. The zero-order valence-corrected chi connectivity index (χ0v) is 12.7. The van der Waals surface area contributed by atoms with Gasteiger partial charge >= 0.3 is 0 Å². The molecule has 120 valence electrons. The molecule has 6 heteroatoms. The van der Waals surface area contributed by atoms with E-state index in [1.54, 1.807) is 5.48 Å². The van der Waals surface area contributed by atoms with Crippen LogP contribution in [-0.2, 0) is 9.53 Å². The second-order valence-corrected chi connectivity index (χ2v) is 5.17. The van der Waals surface area contributed by atoms with E-state index in [4.69, 9.17) is 14.7 Å². The average Bonchev–Trinajstić information content (AvgIpc) is 3.04. The SMILES string of the molecule is CCCCCCOc1ccc(C2=N[C@@H](C(=O)NO)CO2)cc1. The molecule has 0 saturated heterocycles. The van der Waals surface area contributed by atoms with E-state index in [0.717, 1.165) is 24.3 Å². The molecule has 0 bridgehead atoms. The predicted octanol–water partition coefficient (Wildman–Crippen LogP) is 2.30. The summed E-state index contributed by atoms with van der Waals surface area (Å²) in [6.07, 6.45) is 4.70. The molecule has 2 N–H and O–H groups in total. The first-order chi connectivity index (χ1) is 10.7. The molecule has 1 atom stereocenters. The van der Waals surface area contributed by atoms with Gasteiger partial charge in [0, 0.05) is 5.56 Å². The number of unbranched alkanes of at least 4 members (excludes halogenated alkanes) is 3. The molecule has 2 rings (SSSR count). The minimum absolute atomic E-state index is 0.136. The fourth-order valence-electron chi connectivity index (χ4n) is 2.15. The van der Waals surface area contributed by atoms with Crippen LogP contribution >= 0.6 is 0 Å². The number of nitrogens with zero attached hydrogens (tertiary/aromatic N) is 1. The number of aliphatic imine (C=N–C) groups is 1. The van der Waals surface area contributed by atoms with Gasteiger partial charge < -0.3 is 9.47 Å². The van der Waals surface area contributed by atoms with E-state index in [0.29, 0.717) is 5.90 Å². The average molecular weight is 306 g/mol. The van der Waals surface area contributed by atoms with Gasteiger partial charge in [0.05, 0.1) is 6.61 Å². The molecule has 22 heavy (non-hydrogen) atoms. The molecule has 0 unspecified atom stereocenters. The molecule has 0 saturated carbocycles. The first-order valence-corrected chi connectivity index (χ1v) is 7.62. The molecule has 0 aliphatic carbocycles. The van der Waals surface area contributed by atoms with Gasteiger partial charge in [0.25, 0.3) is 5.91 Å². The topological polar surface area (TPSA) is 80.2 Å². The van der Waals surface area contributed by atoms with Crippen LogP contribution in [-0.4, -0.2) is 36.3 Å². The molecule has 0 radical (unpaired) electrons. The van der Waals surface area contributed by atoms with Crippen molar-refractivity contribution in [2.75, 3.05) is 13.2 Å².